The summed E-state index contributed by atoms with van der Waals surface area (Å²) in [5.74, 6) is 0.243. The predicted octanol–water partition coefficient (Wildman–Crippen LogP) is 2.71. The second-order valence-corrected chi connectivity index (χ2v) is 8.19. The number of piperidine rings is 1. The Morgan fingerprint density at radius 3 is 2.34 bits per heavy atom. The van der Waals surface area contributed by atoms with Gasteiger partial charge in [0.15, 0.2) is 5.78 Å². The maximum atomic E-state index is 13.1. The Morgan fingerprint density at radius 2 is 1.66 bits per heavy atom. The van der Waals surface area contributed by atoms with Gasteiger partial charge in [0.25, 0.3) is 0 Å². The van der Waals surface area contributed by atoms with Crippen LogP contribution in [0.5, 0.6) is 0 Å². The van der Waals surface area contributed by atoms with Gasteiger partial charge in [-0.15, -0.1) is 24.8 Å². The summed E-state index contributed by atoms with van der Waals surface area (Å²) in [7, 11) is 0. The molecule has 2 aromatic rings. The molecular formula is C22H29Cl2FN4O3. The summed E-state index contributed by atoms with van der Waals surface area (Å²) >= 11 is 0. The molecule has 0 atom stereocenters. The van der Waals surface area contributed by atoms with Crippen LogP contribution in [0.1, 0.15) is 48.3 Å². The third-order valence-corrected chi connectivity index (χ3v) is 6.24. The molecule has 0 bridgehead atoms. The zero-order valence-corrected chi connectivity index (χ0v) is 19.5. The first kappa shape index (κ1) is 26.2. The van der Waals surface area contributed by atoms with E-state index in [-0.39, 0.29) is 48.0 Å². The minimum Gasteiger partial charge on any atom is -0.302 e. The molecule has 2 aliphatic rings. The highest BCUT2D eigenvalue weighted by atomic mass is 35.5. The van der Waals surface area contributed by atoms with Gasteiger partial charge in [0.1, 0.15) is 11.6 Å². The van der Waals surface area contributed by atoms with Crippen LogP contribution in [0.2, 0.25) is 0 Å². The Bertz CT molecular complexity index is 1030. The van der Waals surface area contributed by atoms with Gasteiger partial charge in [-0.3, -0.25) is 9.36 Å². The number of hydrogen-bond donors (Lipinski definition) is 0. The fraction of sp³-hybridized carbons (Fsp3) is 0.545. The molecule has 1 saturated heterocycles. The summed E-state index contributed by atoms with van der Waals surface area (Å²) in [5, 5.41) is 0. The number of carbonyl (C=O) groups is 1. The normalized spacial score (nSPS) is 16.9. The first-order chi connectivity index (χ1) is 14.5. The van der Waals surface area contributed by atoms with Crippen molar-refractivity contribution in [1.82, 2.24) is 19.0 Å². The highest BCUT2D eigenvalue weighted by Gasteiger charge is 2.26. The molecule has 0 amide bonds. The first-order valence-electron chi connectivity index (χ1n) is 10.8. The van der Waals surface area contributed by atoms with Gasteiger partial charge < -0.3 is 4.90 Å². The third-order valence-electron chi connectivity index (χ3n) is 6.24. The van der Waals surface area contributed by atoms with E-state index in [9.17, 15) is 18.8 Å². The van der Waals surface area contributed by atoms with E-state index in [1.165, 1.54) is 28.8 Å². The van der Waals surface area contributed by atoms with Crippen LogP contribution in [-0.2, 0) is 19.5 Å². The SMILES string of the molecule is Cl.Cl.O=C(c1ccc(F)cc1)C1CCN(CCn2c(=O)nc3n(c2=O)CCCCC3)CC1. The molecule has 1 aromatic heterocycles. The fourth-order valence-electron chi connectivity index (χ4n) is 4.42. The average molecular weight is 487 g/mol. The maximum Gasteiger partial charge on any atom is 0.353 e. The van der Waals surface area contributed by atoms with Crippen LogP contribution in [0.4, 0.5) is 4.39 Å². The lowest BCUT2D eigenvalue weighted by Gasteiger charge is -2.31. The monoisotopic (exact) mass is 486 g/mol. The quantitative estimate of drug-likeness (QED) is 0.607. The van der Waals surface area contributed by atoms with Crippen LogP contribution in [0.25, 0.3) is 0 Å². The van der Waals surface area contributed by atoms with Crippen LogP contribution >= 0.6 is 24.8 Å². The Labute approximate surface area is 198 Å². The van der Waals surface area contributed by atoms with E-state index in [1.54, 1.807) is 4.57 Å². The predicted molar refractivity (Wildman–Crippen MR) is 125 cm³/mol. The number of hydrogen-bond acceptors (Lipinski definition) is 5. The van der Waals surface area contributed by atoms with Crippen molar-refractivity contribution in [3.05, 3.63) is 62.4 Å². The highest BCUT2D eigenvalue weighted by Crippen LogP contribution is 2.22. The highest BCUT2D eigenvalue weighted by molar-refractivity contribution is 5.97. The van der Waals surface area contributed by atoms with Crippen molar-refractivity contribution in [2.75, 3.05) is 19.6 Å². The van der Waals surface area contributed by atoms with Crippen molar-refractivity contribution in [3.63, 3.8) is 0 Å². The van der Waals surface area contributed by atoms with Crippen LogP contribution in [0.15, 0.2) is 33.9 Å². The van der Waals surface area contributed by atoms with Crippen molar-refractivity contribution < 1.29 is 9.18 Å². The molecule has 0 radical (unpaired) electrons. The molecule has 1 aromatic carbocycles. The number of carbonyl (C=O) groups excluding carboxylic acids is 1. The molecule has 1 fully saturated rings. The molecule has 32 heavy (non-hydrogen) atoms. The molecule has 0 aliphatic carbocycles. The van der Waals surface area contributed by atoms with Crippen molar-refractivity contribution in [2.45, 2.75) is 51.6 Å². The first-order valence-corrected chi connectivity index (χ1v) is 10.8. The molecule has 2 aliphatic heterocycles. The van der Waals surface area contributed by atoms with Crippen molar-refractivity contribution in [3.8, 4) is 0 Å². The van der Waals surface area contributed by atoms with Gasteiger partial charge in [0.2, 0.25) is 0 Å². The molecule has 7 nitrogen and oxygen atoms in total. The largest absolute Gasteiger partial charge is 0.353 e. The number of aromatic nitrogens is 3. The van der Waals surface area contributed by atoms with Gasteiger partial charge in [-0.25, -0.2) is 18.5 Å². The summed E-state index contributed by atoms with van der Waals surface area (Å²) in [6, 6.07) is 5.70. The fourth-order valence-corrected chi connectivity index (χ4v) is 4.42. The Kier molecular flexibility index (Phi) is 9.61. The van der Waals surface area contributed by atoms with Gasteiger partial charge >= 0.3 is 11.4 Å². The van der Waals surface area contributed by atoms with Crippen molar-refractivity contribution >= 4 is 30.6 Å². The second kappa shape index (κ2) is 11.7. The van der Waals surface area contributed by atoms with E-state index in [2.05, 4.69) is 9.88 Å². The number of aryl methyl sites for hydroxylation is 1. The van der Waals surface area contributed by atoms with E-state index >= 15 is 0 Å². The number of ketones is 1. The number of likely N-dealkylation sites (tertiary alicyclic amines) is 1. The van der Waals surface area contributed by atoms with Crippen LogP contribution in [-0.4, -0.2) is 44.4 Å². The molecule has 176 valence electrons. The lowest BCUT2D eigenvalue weighted by Crippen LogP contribution is -2.46. The zero-order valence-electron chi connectivity index (χ0n) is 17.9. The van der Waals surface area contributed by atoms with Gasteiger partial charge in [-0.05, 0) is 63.0 Å². The molecule has 0 unspecified atom stereocenters. The Balaban J connectivity index is 0.00000181. The second-order valence-electron chi connectivity index (χ2n) is 8.19. The van der Waals surface area contributed by atoms with E-state index in [4.69, 9.17) is 0 Å². The van der Waals surface area contributed by atoms with Gasteiger partial charge in [-0.2, -0.15) is 4.98 Å². The molecule has 0 N–H and O–H groups in total. The van der Waals surface area contributed by atoms with Gasteiger partial charge in [0, 0.05) is 37.5 Å². The summed E-state index contributed by atoms with van der Waals surface area (Å²) in [6.45, 7) is 2.96. The van der Waals surface area contributed by atoms with E-state index in [1.807, 2.05) is 0 Å². The van der Waals surface area contributed by atoms with Gasteiger partial charge in [-0.1, -0.05) is 6.42 Å². The molecule has 0 saturated carbocycles. The van der Waals surface area contributed by atoms with Crippen LogP contribution in [0.3, 0.4) is 0 Å². The maximum absolute atomic E-state index is 13.1. The van der Waals surface area contributed by atoms with Crippen LogP contribution < -0.4 is 11.4 Å². The Morgan fingerprint density at radius 1 is 0.969 bits per heavy atom. The molecule has 3 heterocycles. The number of benzene rings is 1. The molecule has 10 heteroatoms. The number of rotatable bonds is 5. The standard InChI is InChI=1S/C22H27FN4O3.2ClH/c23-18-7-5-16(6-8-18)20(28)17-9-12-25(13-10-17)14-15-27-21(29)24-19-4-2-1-3-11-26(19)22(27)30;;/h5-8,17H,1-4,9-15H2;2*1H. The van der Waals surface area contributed by atoms with Crippen molar-refractivity contribution in [2.24, 2.45) is 5.92 Å². The van der Waals surface area contributed by atoms with Crippen LogP contribution in [0, 0.1) is 11.7 Å². The minimum absolute atomic E-state index is 0. The summed E-state index contributed by atoms with van der Waals surface area (Å²) < 4.78 is 16.0. The van der Waals surface area contributed by atoms with E-state index < -0.39 is 5.69 Å². The summed E-state index contributed by atoms with van der Waals surface area (Å²) in [4.78, 5) is 44.1. The number of Topliss-reactive ketones (excluding diaryl/α,β-unsaturated/α-hetero) is 1. The molecule has 0 spiro atoms. The topological polar surface area (TPSA) is 77.2 Å². The minimum atomic E-state index is -0.463. The van der Waals surface area contributed by atoms with Crippen molar-refractivity contribution in [1.29, 1.82) is 0 Å². The molecule has 4 rings (SSSR count). The van der Waals surface area contributed by atoms with Gasteiger partial charge in [0.05, 0.1) is 0 Å². The van der Waals surface area contributed by atoms with E-state index in [0.29, 0.717) is 50.3 Å². The zero-order chi connectivity index (χ0) is 21.1. The lowest BCUT2D eigenvalue weighted by atomic mass is 9.89. The number of halogens is 3. The number of fused-ring (bicyclic) bond motifs is 1. The Hall–Kier alpha value is -2.03. The third kappa shape index (κ3) is 5.85. The summed E-state index contributed by atoms with van der Waals surface area (Å²) in [5.41, 5.74) is -0.173. The van der Waals surface area contributed by atoms with E-state index in [0.717, 1.165) is 32.4 Å². The summed E-state index contributed by atoms with van der Waals surface area (Å²) in [6.07, 6.45) is 5.05. The lowest BCUT2D eigenvalue weighted by molar-refractivity contribution is 0.0836. The number of nitrogens with zero attached hydrogens (tertiary/aromatic N) is 4. The average Bonchev–Trinajstić information content (AvgIpc) is 3.00. The molecular weight excluding hydrogens is 458 g/mol. The smallest absolute Gasteiger partial charge is 0.302 e.